The van der Waals surface area contributed by atoms with Crippen molar-refractivity contribution in [3.8, 4) is 0 Å². The first-order valence-corrected chi connectivity index (χ1v) is 7.86. The summed E-state index contributed by atoms with van der Waals surface area (Å²) in [6.07, 6.45) is -4.08. The molecule has 0 atom stereocenters. The molecule has 0 aromatic heterocycles. The van der Waals surface area contributed by atoms with Gasteiger partial charge in [-0.15, -0.1) is 0 Å². The average Bonchev–Trinajstić information content (AvgIpc) is 2.61. The summed E-state index contributed by atoms with van der Waals surface area (Å²) in [6.45, 7) is 0.358. The Morgan fingerprint density at radius 1 is 0.880 bits per heavy atom. The number of nitrogens with one attached hydrogen (secondary N) is 1. The number of hydrogen-bond donors (Lipinski definition) is 1. The topological polar surface area (TPSA) is 29.1 Å². The fourth-order valence-corrected chi connectivity index (χ4v) is 2.60. The number of halogens is 3. The zero-order valence-corrected chi connectivity index (χ0v) is 13.3. The van der Waals surface area contributed by atoms with Gasteiger partial charge in [-0.05, 0) is 41.1 Å². The molecular weight excluding hydrogens is 327 g/mol. The molecule has 0 fully saturated rings. The van der Waals surface area contributed by atoms with Crippen LogP contribution in [0.4, 0.5) is 18.9 Å². The smallest absolute Gasteiger partial charge is 0.385 e. The first-order chi connectivity index (χ1) is 11.9. The van der Waals surface area contributed by atoms with Crippen molar-refractivity contribution in [1.29, 1.82) is 0 Å². The lowest BCUT2D eigenvalue weighted by molar-refractivity contribution is -0.137. The molecule has 3 aromatic rings. The number of fused-ring (bicyclic) bond motifs is 1. The molecule has 0 aliphatic carbocycles. The third-order valence-electron chi connectivity index (χ3n) is 3.96. The molecule has 5 heteroatoms. The Hall–Kier alpha value is -2.82. The van der Waals surface area contributed by atoms with E-state index in [-0.39, 0.29) is 12.2 Å². The van der Waals surface area contributed by atoms with Gasteiger partial charge in [0.25, 0.3) is 0 Å². The van der Waals surface area contributed by atoms with E-state index in [1.165, 1.54) is 12.1 Å². The van der Waals surface area contributed by atoms with Gasteiger partial charge in [-0.25, -0.2) is 0 Å². The van der Waals surface area contributed by atoms with Crippen LogP contribution in [0.25, 0.3) is 10.8 Å². The maximum absolute atomic E-state index is 12.5. The molecule has 2 nitrogen and oxygen atoms in total. The highest BCUT2D eigenvalue weighted by molar-refractivity contribution is 6.00. The zero-order valence-electron chi connectivity index (χ0n) is 13.3. The summed E-state index contributed by atoms with van der Waals surface area (Å²) in [5, 5.41) is 5.05. The highest BCUT2D eigenvalue weighted by Gasteiger charge is 2.29. The standard InChI is InChI=1S/C20H16F3NO/c21-20(22,23)17-7-9-18(10-8-17)24-12-11-19(25)16-6-5-14-3-1-2-4-15(14)13-16/h1-10,13,24H,11-12H2. The van der Waals surface area contributed by atoms with E-state index in [1.807, 2.05) is 36.4 Å². The van der Waals surface area contributed by atoms with Crippen LogP contribution in [0, 0.1) is 0 Å². The fraction of sp³-hybridized carbons (Fsp3) is 0.150. The highest BCUT2D eigenvalue weighted by Crippen LogP contribution is 2.29. The van der Waals surface area contributed by atoms with E-state index in [0.717, 1.165) is 22.9 Å². The van der Waals surface area contributed by atoms with Crippen LogP contribution in [0.1, 0.15) is 22.3 Å². The number of anilines is 1. The molecule has 0 saturated carbocycles. The molecule has 1 N–H and O–H groups in total. The maximum atomic E-state index is 12.5. The van der Waals surface area contributed by atoms with Crippen LogP contribution in [0.3, 0.4) is 0 Å². The summed E-state index contributed by atoms with van der Waals surface area (Å²) in [7, 11) is 0. The Morgan fingerprint density at radius 3 is 2.24 bits per heavy atom. The van der Waals surface area contributed by atoms with Crippen LogP contribution in [0.5, 0.6) is 0 Å². The largest absolute Gasteiger partial charge is 0.416 e. The van der Waals surface area contributed by atoms with Gasteiger partial charge >= 0.3 is 6.18 Å². The highest BCUT2D eigenvalue weighted by atomic mass is 19.4. The Morgan fingerprint density at radius 2 is 1.56 bits per heavy atom. The van der Waals surface area contributed by atoms with E-state index in [4.69, 9.17) is 0 Å². The fourth-order valence-electron chi connectivity index (χ4n) is 2.60. The second kappa shape index (κ2) is 6.97. The van der Waals surface area contributed by atoms with E-state index in [2.05, 4.69) is 5.32 Å². The minimum absolute atomic E-state index is 0.00911. The second-order valence-corrected chi connectivity index (χ2v) is 5.74. The van der Waals surface area contributed by atoms with Gasteiger partial charge in [-0.3, -0.25) is 4.79 Å². The molecule has 128 valence electrons. The monoisotopic (exact) mass is 343 g/mol. The first-order valence-electron chi connectivity index (χ1n) is 7.86. The Bertz CT molecular complexity index is 885. The van der Waals surface area contributed by atoms with Crippen LogP contribution in [-0.2, 0) is 6.18 Å². The van der Waals surface area contributed by atoms with E-state index in [9.17, 15) is 18.0 Å². The van der Waals surface area contributed by atoms with Crippen molar-refractivity contribution in [2.24, 2.45) is 0 Å². The van der Waals surface area contributed by atoms with Crippen LogP contribution in [0.15, 0.2) is 66.7 Å². The zero-order chi connectivity index (χ0) is 17.9. The lowest BCUT2D eigenvalue weighted by Gasteiger charge is -2.09. The summed E-state index contributed by atoms with van der Waals surface area (Å²) in [6, 6.07) is 18.1. The van der Waals surface area contributed by atoms with Gasteiger partial charge in [-0.2, -0.15) is 13.2 Å². The summed E-state index contributed by atoms with van der Waals surface area (Å²) >= 11 is 0. The quantitative estimate of drug-likeness (QED) is 0.616. The van der Waals surface area contributed by atoms with Crippen LogP contribution >= 0.6 is 0 Å². The van der Waals surface area contributed by atoms with Crippen molar-refractivity contribution in [3.63, 3.8) is 0 Å². The van der Waals surface area contributed by atoms with Crippen molar-refractivity contribution in [3.05, 3.63) is 77.9 Å². The molecule has 0 aliphatic heterocycles. The molecule has 0 heterocycles. The molecule has 3 aromatic carbocycles. The summed E-state index contributed by atoms with van der Waals surface area (Å²) in [5.74, 6) is -0.00911. The van der Waals surface area contributed by atoms with Crippen LogP contribution < -0.4 is 5.32 Å². The number of hydrogen-bond acceptors (Lipinski definition) is 2. The van der Waals surface area contributed by atoms with Crippen LogP contribution in [-0.4, -0.2) is 12.3 Å². The number of rotatable bonds is 5. The molecule has 0 radical (unpaired) electrons. The number of carbonyl (C=O) groups excluding carboxylic acids is 1. The predicted molar refractivity (Wildman–Crippen MR) is 92.8 cm³/mol. The van der Waals surface area contributed by atoms with Crippen molar-refractivity contribution < 1.29 is 18.0 Å². The van der Waals surface area contributed by atoms with Gasteiger partial charge < -0.3 is 5.32 Å². The third kappa shape index (κ3) is 4.18. The number of alkyl halides is 3. The van der Waals surface area contributed by atoms with Gasteiger partial charge in [-0.1, -0.05) is 36.4 Å². The number of benzene rings is 3. The minimum atomic E-state index is -4.34. The molecule has 0 saturated heterocycles. The first kappa shape index (κ1) is 17.0. The molecular formula is C20H16F3NO. The van der Waals surface area contributed by atoms with Crippen molar-refractivity contribution in [2.45, 2.75) is 12.6 Å². The number of carbonyl (C=O) groups is 1. The molecule has 0 aliphatic rings. The third-order valence-corrected chi connectivity index (χ3v) is 3.96. The van der Waals surface area contributed by atoms with E-state index < -0.39 is 11.7 Å². The Labute approximate surface area is 143 Å². The number of ketones is 1. The van der Waals surface area contributed by atoms with E-state index in [0.29, 0.717) is 17.8 Å². The number of Topliss-reactive ketones (excluding diaryl/α,β-unsaturated/α-hetero) is 1. The van der Waals surface area contributed by atoms with Crippen LogP contribution in [0.2, 0.25) is 0 Å². The molecule has 0 bridgehead atoms. The Kier molecular flexibility index (Phi) is 4.74. The summed E-state index contributed by atoms with van der Waals surface area (Å²) in [4.78, 5) is 12.3. The summed E-state index contributed by atoms with van der Waals surface area (Å²) < 4.78 is 37.5. The SMILES string of the molecule is O=C(CCNc1ccc(C(F)(F)F)cc1)c1ccc2ccccc2c1. The van der Waals surface area contributed by atoms with Crippen molar-refractivity contribution in [1.82, 2.24) is 0 Å². The molecule has 25 heavy (non-hydrogen) atoms. The van der Waals surface area contributed by atoms with Gasteiger partial charge in [0.2, 0.25) is 0 Å². The van der Waals surface area contributed by atoms with E-state index >= 15 is 0 Å². The van der Waals surface area contributed by atoms with Gasteiger partial charge in [0.1, 0.15) is 0 Å². The van der Waals surface area contributed by atoms with E-state index in [1.54, 1.807) is 6.07 Å². The van der Waals surface area contributed by atoms with Gasteiger partial charge in [0, 0.05) is 24.2 Å². The lowest BCUT2D eigenvalue weighted by Crippen LogP contribution is -2.09. The van der Waals surface area contributed by atoms with Crippen molar-refractivity contribution >= 4 is 22.2 Å². The maximum Gasteiger partial charge on any atom is 0.416 e. The lowest BCUT2D eigenvalue weighted by atomic mass is 10.0. The normalized spacial score (nSPS) is 11.5. The molecule has 0 amide bonds. The average molecular weight is 343 g/mol. The second-order valence-electron chi connectivity index (χ2n) is 5.74. The molecule has 0 unspecified atom stereocenters. The summed E-state index contributed by atoms with van der Waals surface area (Å²) in [5.41, 5.74) is 0.498. The predicted octanol–water partition coefficient (Wildman–Crippen LogP) is 5.54. The Balaban J connectivity index is 1.58. The van der Waals surface area contributed by atoms with Gasteiger partial charge in [0.15, 0.2) is 5.78 Å². The molecule has 3 rings (SSSR count). The van der Waals surface area contributed by atoms with Crippen molar-refractivity contribution in [2.75, 3.05) is 11.9 Å². The minimum Gasteiger partial charge on any atom is -0.385 e. The molecule has 0 spiro atoms. The van der Waals surface area contributed by atoms with Gasteiger partial charge in [0.05, 0.1) is 5.56 Å².